The summed E-state index contributed by atoms with van der Waals surface area (Å²) in [5.41, 5.74) is 2.52. The molecule has 4 aromatic rings. The van der Waals surface area contributed by atoms with Gasteiger partial charge in [-0.05, 0) is 0 Å². The Morgan fingerprint density at radius 3 is 1.38 bits per heavy atom. The van der Waals surface area contributed by atoms with Crippen LogP contribution in [-0.2, 0) is 18.0 Å². The van der Waals surface area contributed by atoms with Crippen LogP contribution in [0.3, 0.4) is 0 Å². The number of benzene rings is 2. The smallest absolute Gasteiger partial charge is 0.0809 e. The van der Waals surface area contributed by atoms with Crippen LogP contribution < -0.4 is 0 Å². The Hall–Kier alpha value is -0.660. The van der Waals surface area contributed by atoms with Gasteiger partial charge in [0, 0.05) is 0 Å². The van der Waals surface area contributed by atoms with Crippen molar-refractivity contribution in [3.8, 4) is 0 Å². The molecular formula is C22H24Cl2SiZr-2. The minimum atomic E-state index is -1.65. The zero-order chi connectivity index (χ0) is 19.1. The normalized spacial score (nSPS) is 9.92. The maximum atomic E-state index is 5.62. The van der Waals surface area contributed by atoms with Gasteiger partial charge in [-0.2, -0.15) is 23.3 Å². The third kappa shape index (κ3) is 6.20. The molecule has 0 N–H and O–H groups in total. The zero-order valence-corrected chi connectivity index (χ0v) is 20.7. The molecule has 4 heteroatoms. The van der Waals surface area contributed by atoms with Crippen molar-refractivity contribution in [2.24, 2.45) is 0 Å². The second-order valence-electron chi connectivity index (χ2n) is 6.47. The van der Waals surface area contributed by atoms with Gasteiger partial charge in [-0.1, -0.05) is 26.0 Å². The van der Waals surface area contributed by atoms with Crippen molar-refractivity contribution in [1.82, 2.24) is 0 Å². The Balaban J connectivity index is 0.000000146. The summed E-state index contributed by atoms with van der Waals surface area (Å²) in [6, 6.07) is 25.5. The standard InChI is InChI=1S/2C10H9.C2H6Si.2ClH.Zr/c2*1-8-6-7-9-4-2-3-5-10(8)9;1-3-2;;;/h2*2-7H,1H3;1-2H3;2*1H;/q2*-1;;;;+2/p-2. The second-order valence-corrected chi connectivity index (χ2v) is 29.4. The number of aryl methyl sites for hydroxylation is 2. The largest absolute Gasteiger partial charge is 0.156 e. The Bertz CT molecular complexity index is 921. The van der Waals surface area contributed by atoms with Gasteiger partial charge >= 0.3 is 53.5 Å². The first-order chi connectivity index (χ1) is 12.4. The van der Waals surface area contributed by atoms with E-state index in [-0.39, 0.29) is 5.43 Å². The molecule has 0 saturated heterocycles. The molecule has 0 fully saturated rings. The van der Waals surface area contributed by atoms with Gasteiger partial charge in [-0.25, -0.2) is 0 Å². The quantitative estimate of drug-likeness (QED) is 0.178. The molecule has 0 heterocycles. The second kappa shape index (κ2) is 10.6. The monoisotopic (exact) mass is 476 g/mol. The maximum absolute atomic E-state index is 5.62. The Kier molecular flexibility index (Phi) is 8.84. The minimum Gasteiger partial charge on any atom is -0.156 e. The molecule has 0 radical (unpaired) electrons. The van der Waals surface area contributed by atoms with Crippen LogP contribution in [0.2, 0.25) is 13.1 Å². The fourth-order valence-electron chi connectivity index (χ4n) is 2.61. The molecule has 4 aromatic carbocycles. The van der Waals surface area contributed by atoms with Gasteiger partial charge in [-0.3, -0.25) is 0 Å². The molecule has 0 saturated carbocycles. The van der Waals surface area contributed by atoms with E-state index in [0.29, 0.717) is 0 Å². The first kappa shape index (κ1) is 21.6. The molecule has 0 spiro atoms. The van der Waals surface area contributed by atoms with E-state index in [1.165, 1.54) is 32.7 Å². The summed E-state index contributed by atoms with van der Waals surface area (Å²) in [6.07, 6.45) is 0. The van der Waals surface area contributed by atoms with Crippen LogP contribution in [0, 0.1) is 13.8 Å². The third-order valence-corrected chi connectivity index (χ3v) is 23.9. The fourth-order valence-corrected chi connectivity index (χ4v) is 2.61. The van der Waals surface area contributed by atoms with Crippen molar-refractivity contribution >= 4 is 44.0 Å². The van der Waals surface area contributed by atoms with E-state index in [2.05, 4.69) is 99.7 Å². The predicted octanol–water partition coefficient (Wildman–Crippen LogP) is 7.90. The number of fused-ring (bicyclic) bond motifs is 2. The van der Waals surface area contributed by atoms with Crippen molar-refractivity contribution in [2.75, 3.05) is 0 Å². The van der Waals surface area contributed by atoms with Crippen molar-refractivity contribution < 1.29 is 18.0 Å². The summed E-state index contributed by atoms with van der Waals surface area (Å²) in [7, 11) is 11.2. The van der Waals surface area contributed by atoms with Crippen LogP contribution in [0.4, 0.5) is 0 Å². The molecule has 4 rings (SSSR count). The summed E-state index contributed by atoms with van der Waals surface area (Å²) >= 11 is -1.65. The SMILES string of the molecule is C[Si](C)=[Zr]([Cl])[Cl].Cc1c[cH-]c2ccccc12.Cc1c[cH-]c2ccccc12. The van der Waals surface area contributed by atoms with E-state index < -0.39 is 18.0 Å². The van der Waals surface area contributed by atoms with Gasteiger partial charge in [0.2, 0.25) is 0 Å². The topological polar surface area (TPSA) is 0 Å². The van der Waals surface area contributed by atoms with Crippen LogP contribution in [0.15, 0.2) is 72.8 Å². The van der Waals surface area contributed by atoms with Gasteiger partial charge in [0.1, 0.15) is 0 Å². The third-order valence-electron chi connectivity index (χ3n) is 4.18. The average Bonchev–Trinajstić information content (AvgIpc) is 3.20. The van der Waals surface area contributed by atoms with Gasteiger partial charge in [0.05, 0.1) is 0 Å². The molecule has 136 valence electrons. The minimum absolute atomic E-state index is 0.224. The summed E-state index contributed by atoms with van der Waals surface area (Å²) in [5, 5.41) is 5.45. The van der Waals surface area contributed by atoms with Crippen molar-refractivity contribution in [1.29, 1.82) is 0 Å². The van der Waals surface area contributed by atoms with E-state index in [4.69, 9.17) is 17.0 Å². The van der Waals surface area contributed by atoms with Crippen LogP contribution >= 0.6 is 17.0 Å². The van der Waals surface area contributed by atoms with Crippen molar-refractivity contribution in [2.45, 2.75) is 26.9 Å². The Labute approximate surface area is 171 Å². The fraction of sp³-hybridized carbons (Fsp3) is 0.182. The molecule has 0 amide bonds. The van der Waals surface area contributed by atoms with E-state index in [1.807, 2.05) is 0 Å². The number of halogens is 2. The van der Waals surface area contributed by atoms with E-state index in [1.54, 1.807) is 0 Å². The average molecular weight is 479 g/mol. The molecule has 26 heavy (non-hydrogen) atoms. The summed E-state index contributed by atoms with van der Waals surface area (Å²) in [6.45, 7) is 8.61. The van der Waals surface area contributed by atoms with Gasteiger partial charge < -0.3 is 0 Å². The number of rotatable bonds is 0. The zero-order valence-electron chi connectivity index (χ0n) is 15.7. The summed E-state index contributed by atoms with van der Waals surface area (Å²) < 4.78 is 0. The van der Waals surface area contributed by atoms with E-state index in [0.717, 1.165) is 0 Å². The van der Waals surface area contributed by atoms with Crippen LogP contribution in [0.5, 0.6) is 0 Å². The number of hydrogen-bond donors (Lipinski definition) is 0. The first-order valence-corrected chi connectivity index (χ1v) is 21.1. The van der Waals surface area contributed by atoms with Crippen LogP contribution in [0.1, 0.15) is 11.1 Å². The summed E-state index contributed by atoms with van der Waals surface area (Å²) in [4.78, 5) is 0. The van der Waals surface area contributed by atoms with Crippen LogP contribution in [-0.4, -0.2) is 5.43 Å². The summed E-state index contributed by atoms with van der Waals surface area (Å²) in [5.74, 6) is 0. The molecule has 0 nitrogen and oxygen atoms in total. The molecule has 0 bridgehead atoms. The molecule has 0 aliphatic rings. The molecule has 0 aromatic heterocycles. The van der Waals surface area contributed by atoms with Crippen molar-refractivity contribution in [3.05, 3.63) is 83.9 Å². The Morgan fingerprint density at radius 2 is 1.08 bits per heavy atom. The van der Waals surface area contributed by atoms with E-state index >= 15 is 0 Å². The maximum Gasteiger partial charge on any atom is -0.0809 e. The van der Waals surface area contributed by atoms with Crippen molar-refractivity contribution in [3.63, 3.8) is 0 Å². The molecule has 0 aliphatic carbocycles. The van der Waals surface area contributed by atoms with Crippen LogP contribution in [0.25, 0.3) is 21.5 Å². The Morgan fingerprint density at radius 1 is 0.731 bits per heavy atom. The molecule has 0 aliphatic heterocycles. The number of hydrogen-bond acceptors (Lipinski definition) is 0. The molecule has 0 atom stereocenters. The predicted molar refractivity (Wildman–Crippen MR) is 118 cm³/mol. The first-order valence-electron chi connectivity index (χ1n) is 8.60. The van der Waals surface area contributed by atoms with Gasteiger partial charge in [0.15, 0.2) is 0 Å². The molecular weight excluding hydrogens is 454 g/mol. The molecule has 0 unspecified atom stereocenters. The van der Waals surface area contributed by atoms with E-state index in [9.17, 15) is 0 Å². The van der Waals surface area contributed by atoms with Gasteiger partial charge in [-0.15, -0.1) is 70.1 Å². The van der Waals surface area contributed by atoms with Gasteiger partial charge in [0.25, 0.3) is 0 Å².